The number of anilines is 4. The van der Waals surface area contributed by atoms with Gasteiger partial charge < -0.3 is 16.4 Å². The molecule has 0 unspecified atom stereocenters. The molecule has 0 bridgehead atoms. The molecule has 5 rings (SSSR count). The molecule has 2 aromatic heterocycles. The predicted molar refractivity (Wildman–Crippen MR) is 107 cm³/mol. The third kappa shape index (κ3) is 2.62. The molecule has 2 aromatic carbocycles. The lowest BCUT2D eigenvalue weighted by Crippen LogP contribution is -2.03. The standard InChI is InChI=1S/C20H17N7O/c1-11-14(3-2-4-15(11)21)18-19-25-20(26-27(19)8-7-22-18)23-13-5-6-16-12(9-13)10-17(28)24-16/h2-9H,10,21H2,1H3,(H,23,26)(H,24,28). The number of benzene rings is 2. The number of amides is 1. The van der Waals surface area contributed by atoms with E-state index in [0.717, 1.165) is 33.8 Å². The van der Waals surface area contributed by atoms with Gasteiger partial charge in [0.15, 0.2) is 5.65 Å². The van der Waals surface area contributed by atoms with Crippen LogP contribution in [0.5, 0.6) is 0 Å². The van der Waals surface area contributed by atoms with Gasteiger partial charge in [-0.2, -0.15) is 4.98 Å². The average molecular weight is 371 g/mol. The average Bonchev–Trinajstić information content (AvgIpc) is 3.25. The van der Waals surface area contributed by atoms with Crippen LogP contribution in [0.3, 0.4) is 0 Å². The van der Waals surface area contributed by atoms with Gasteiger partial charge in [0.05, 0.1) is 6.42 Å². The van der Waals surface area contributed by atoms with Gasteiger partial charge in [-0.15, -0.1) is 5.10 Å². The molecular formula is C20H17N7O. The van der Waals surface area contributed by atoms with E-state index in [9.17, 15) is 4.79 Å². The third-order valence-electron chi connectivity index (χ3n) is 4.87. The minimum absolute atomic E-state index is 0.00576. The third-order valence-corrected chi connectivity index (χ3v) is 4.87. The van der Waals surface area contributed by atoms with Gasteiger partial charge in [-0.3, -0.25) is 9.78 Å². The van der Waals surface area contributed by atoms with Crippen LogP contribution in [0.15, 0.2) is 48.8 Å². The smallest absolute Gasteiger partial charge is 0.247 e. The number of nitrogens with one attached hydrogen (secondary N) is 2. The maximum atomic E-state index is 11.5. The number of aromatic nitrogens is 4. The van der Waals surface area contributed by atoms with Crippen LogP contribution < -0.4 is 16.4 Å². The monoisotopic (exact) mass is 371 g/mol. The van der Waals surface area contributed by atoms with E-state index in [2.05, 4.69) is 25.7 Å². The Morgan fingerprint density at radius 2 is 2.14 bits per heavy atom. The first-order valence-corrected chi connectivity index (χ1v) is 8.85. The van der Waals surface area contributed by atoms with Crippen molar-refractivity contribution >= 4 is 34.6 Å². The predicted octanol–water partition coefficient (Wildman–Crippen LogP) is 2.92. The number of nitrogen functional groups attached to an aromatic ring is 1. The molecule has 0 radical (unpaired) electrons. The number of nitrogens with two attached hydrogens (primary N) is 1. The van der Waals surface area contributed by atoms with Crippen molar-refractivity contribution in [2.75, 3.05) is 16.4 Å². The van der Waals surface area contributed by atoms with E-state index in [1.54, 1.807) is 16.9 Å². The maximum Gasteiger partial charge on any atom is 0.247 e. The number of carbonyl (C=O) groups excluding carboxylic acids is 1. The summed E-state index contributed by atoms with van der Waals surface area (Å²) in [6, 6.07) is 11.4. The van der Waals surface area contributed by atoms with Crippen molar-refractivity contribution < 1.29 is 4.79 Å². The fourth-order valence-corrected chi connectivity index (χ4v) is 3.41. The Hall–Kier alpha value is -3.94. The second kappa shape index (κ2) is 6.05. The summed E-state index contributed by atoms with van der Waals surface area (Å²) in [7, 11) is 0. The van der Waals surface area contributed by atoms with Crippen LogP contribution >= 0.6 is 0 Å². The van der Waals surface area contributed by atoms with Crippen LogP contribution in [0.1, 0.15) is 11.1 Å². The molecule has 0 saturated heterocycles. The lowest BCUT2D eigenvalue weighted by molar-refractivity contribution is -0.115. The number of fused-ring (bicyclic) bond motifs is 2. The molecule has 0 spiro atoms. The zero-order valence-corrected chi connectivity index (χ0v) is 15.1. The Balaban J connectivity index is 1.54. The Labute approximate surface area is 160 Å². The highest BCUT2D eigenvalue weighted by molar-refractivity contribution is 5.99. The van der Waals surface area contributed by atoms with Gasteiger partial charge in [-0.05, 0) is 42.3 Å². The fourth-order valence-electron chi connectivity index (χ4n) is 3.41. The molecule has 1 aliphatic heterocycles. The van der Waals surface area contributed by atoms with Gasteiger partial charge in [0, 0.05) is 35.0 Å². The van der Waals surface area contributed by atoms with E-state index in [-0.39, 0.29) is 5.91 Å². The van der Waals surface area contributed by atoms with Crippen LogP contribution in [-0.2, 0) is 11.2 Å². The Morgan fingerprint density at radius 1 is 1.25 bits per heavy atom. The van der Waals surface area contributed by atoms with Gasteiger partial charge in [-0.25, -0.2) is 4.52 Å². The van der Waals surface area contributed by atoms with Crippen molar-refractivity contribution in [3.05, 3.63) is 59.9 Å². The maximum absolute atomic E-state index is 11.5. The van der Waals surface area contributed by atoms with Crippen molar-refractivity contribution in [2.24, 2.45) is 0 Å². The molecule has 0 fully saturated rings. The van der Waals surface area contributed by atoms with E-state index in [0.29, 0.717) is 23.7 Å². The summed E-state index contributed by atoms with van der Waals surface area (Å²) in [5.41, 5.74) is 12.6. The van der Waals surface area contributed by atoms with Gasteiger partial charge >= 0.3 is 0 Å². The summed E-state index contributed by atoms with van der Waals surface area (Å²) in [5, 5.41) is 10.5. The molecule has 4 N–H and O–H groups in total. The summed E-state index contributed by atoms with van der Waals surface area (Å²) in [5.74, 6) is 0.458. The molecule has 4 aromatic rings. The van der Waals surface area contributed by atoms with Gasteiger partial charge in [0.1, 0.15) is 5.69 Å². The van der Waals surface area contributed by atoms with Crippen molar-refractivity contribution in [1.29, 1.82) is 0 Å². The molecule has 0 saturated carbocycles. The first-order valence-electron chi connectivity index (χ1n) is 8.85. The zero-order valence-electron chi connectivity index (χ0n) is 15.1. The fraction of sp³-hybridized carbons (Fsp3) is 0.100. The first kappa shape index (κ1) is 16.2. The highest BCUT2D eigenvalue weighted by Crippen LogP contribution is 2.30. The van der Waals surface area contributed by atoms with Crippen molar-refractivity contribution in [2.45, 2.75) is 13.3 Å². The van der Waals surface area contributed by atoms with Crippen LogP contribution in [-0.4, -0.2) is 25.5 Å². The van der Waals surface area contributed by atoms with Gasteiger partial charge in [-0.1, -0.05) is 12.1 Å². The lowest BCUT2D eigenvalue weighted by atomic mass is 10.0. The topological polar surface area (TPSA) is 110 Å². The normalized spacial score (nSPS) is 12.8. The number of hydrogen-bond donors (Lipinski definition) is 3. The van der Waals surface area contributed by atoms with E-state index < -0.39 is 0 Å². The van der Waals surface area contributed by atoms with E-state index in [1.165, 1.54) is 0 Å². The summed E-state index contributed by atoms with van der Waals surface area (Å²) < 4.78 is 1.69. The van der Waals surface area contributed by atoms with Crippen molar-refractivity contribution in [1.82, 2.24) is 19.6 Å². The quantitative estimate of drug-likeness (QED) is 0.478. The number of carbonyl (C=O) groups is 1. The molecular weight excluding hydrogens is 354 g/mol. The van der Waals surface area contributed by atoms with Crippen LogP contribution in [0.4, 0.5) is 23.0 Å². The van der Waals surface area contributed by atoms with Gasteiger partial charge in [0.2, 0.25) is 11.9 Å². The highest BCUT2D eigenvalue weighted by Gasteiger charge is 2.18. The van der Waals surface area contributed by atoms with Crippen LogP contribution in [0, 0.1) is 6.92 Å². The largest absolute Gasteiger partial charge is 0.398 e. The molecule has 28 heavy (non-hydrogen) atoms. The SMILES string of the molecule is Cc1c(N)cccc1-c1nccn2nc(Nc3ccc4c(c3)CC(=O)N4)nc12. The molecule has 8 nitrogen and oxygen atoms in total. The zero-order chi connectivity index (χ0) is 19.3. The van der Waals surface area contributed by atoms with E-state index in [1.807, 2.05) is 43.3 Å². The molecule has 3 heterocycles. The minimum atomic E-state index is 0.00576. The Kier molecular flexibility index (Phi) is 3.51. The molecule has 0 atom stereocenters. The summed E-state index contributed by atoms with van der Waals surface area (Å²) in [6.45, 7) is 1.96. The number of nitrogens with zero attached hydrogens (tertiary/aromatic N) is 4. The molecule has 0 aliphatic carbocycles. The van der Waals surface area contributed by atoms with Crippen LogP contribution in [0.2, 0.25) is 0 Å². The molecule has 1 aliphatic rings. The first-order chi connectivity index (χ1) is 13.6. The van der Waals surface area contributed by atoms with Crippen molar-refractivity contribution in [3.63, 3.8) is 0 Å². The molecule has 138 valence electrons. The Morgan fingerprint density at radius 3 is 3.04 bits per heavy atom. The van der Waals surface area contributed by atoms with Crippen LogP contribution in [0.25, 0.3) is 16.9 Å². The second-order valence-electron chi connectivity index (χ2n) is 6.72. The Bertz CT molecular complexity index is 1240. The summed E-state index contributed by atoms with van der Waals surface area (Å²) in [6.07, 6.45) is 3.83. The second-order valence-corrected chi connectivity index (χ2v) is 6.72. The number of hydrogen-bond acceptors (Lipinski definition) is 6. The lowest BCUT2D eigenvalue weighted by Gasteiger charge is -2.07. The summed E-state index contributed by atoms with van der Waals surface area (Å²) in [4.78, 5) is 20.7. The van der Waals surface area contributed by atoms with Crippen molar-refractivity contribution in [3.8, 4) is 11.3 Å². The molecule has 8 heteroatoms. The number of rotatable bonds is 3. The van der Waals surface area contributed by atoms with Gasteiger partial charge in [0.25, 0.3) is 0 Å². The minimum Gasteiger partial charge on any atom is -0.398 e. The van der Waals surface area contributed by atoms with E-state index in [4.69, 9.17) is 5.73 Å². The highest BCUT2D eigenvalue weighted by atomic mass is 16.1. The molecule has 1 amide bonds. The summed E-state index contributed by atoms with van der Waals surface area (Å²) >= 11 is 0. The van der Waals surface area contributed by atoms with E-state index >= 15 is 0 Å².